The molecule has 0 N–H and O–H groups in total. The Hall–Kier alpha value is -3.69. The van der Waals surface area contributed by atoms with Crippen LogP contribution in [0.15, 0.2) is 53.3 Å². The Balaban J connectivity index is 1.35. The molecule has 3 heterocycles. The third-order valence-corrected chi connectivity index (χ3v) is 7.23. The first-order valence-corrected chi connectivity index (χ1v) is 11.9. The molecule has 10 heteroatoms. The zero-order valence-corrected chi connectivity index (χ0v) is 19.7. The fraction of sp³-hybridized carbons (Fsp3) is 0.385. The Morgan fingerprint density at radius 2 is 1.64 bits per heavy atom. The molecule has 5 rings (SSSR count). The highest BCUT2D eigenvalue weighted by atomic mass is 19.4. The van der Waals surface area contributed by atoms with Gasteiger partial charge in [0.05, 0.1) is 10.9 Å². The lowest BCUT2D eigenvalue weighted by Gasteiger charge is -2.47. The van der Waals surface area contributed by atoms with Crippen molar-refractivity contribution in [3.05, 3.63) is 75.7 Å². The fourth-order valence-corrected chi connectivity index (χ4v) is 5.42. The van der Waals surface area contributed by atoms with E-state index in [2.05, 4.69) is 5.10 Å². The van der Waals surface area contributed by atoms with E-state index in [0.717, 1.165) is 25.0 Å². The van der Waals surface area contributed by atoms with E-state index in [4.69, 9.17) is 0 Å². The van der Waals surface area contributed by atoms with Gasteiger partial charge >= 0.3 is 6.18 Å². The molecule has 2 aliphatic heterocycles. The highest BCUT2D eigenvalue weighted by Gasteiger charge is 2.40. The number of carbonyl (C=O) groups is 2. The molecular weight excluding hydrogens is 473 g/mol. The maximum absolute atomic E-state index is 13.7. The lowest BCUT2D eigenvalue weighted by Crippen LogP contribution is -2.56. The molecule has 188 valence electrons. The number of amides is 2. The van der Waals surface area contributed by atoms with E-state index in [1.54, 1.807) is 29.2 Å². The molecule has 2 amide bonds. The number of alkyl halides is 3. The van der Waals surface area contributed by atoms with Crippen LogP contribution in [0.4, 0.5) is 13.2 Å². The molecule has 2 fully saturated rings. The van der Waals surface area contributed by atoms with Gasteiger partial charge in [-0.3, -0.25) is 14.4 Å². The summed E-state index contributed by atoms with van der Waals surface area (Å²) in [6, 6.07) is 11.1. The molecule has 3 aromatic rings. The summed E-state index contributed by atoms with van der Waals surface area (Å²) in [5.41, 5.74) is -0.616. The highest BCUT2D eigenvalue weighted by molar-refractivity contribution is 6.05. The van der Waals surface area contributed by atoms with Crippen LogP contribution in [0.3, 0.4) is 0 Å². The van der Waals surface area contributed by atoms with Crippen molar-refractivity contribution in [3.63, 3.8) is 0 Å². The largest absolute Gasteiger partial charge is 0.416 e. The number of hydrogen-bond donors (Lipinski definition) is 0. The molecule has 0 saturated carbocycles. The summed E-state index contributed by atoms with van der Waals surface area (Å²) >= 11 is 0. The van der Waals surface area contributed by atoms with Crippen molar-refractivity contribution in [3.8, 4) is 0 Å². The van der Waals surface area contributed by atoms with Crippen molar-refractivity contribution >= 4 is 22.6 Å². The summed E-state index contributed by atoms with van der Waals surface area (Å²) < 4.78 is 39.8. The van der Waals surface area contributed by atoms with E-state index < -0.39 is 11.7 Å². The molecule has 0 spiro atoms. The Morgan fingerprint density at radius 1 is 0.944 bits per heavy atom. The quantitative estimate of drug-likeness (QED) is 0.540. The van der Waals surface area contributed by atoms with Gasteiger partial charge in [0.15, 0.2) is 5.69 Å². The standard InChI is InChI=1S/C26H25F3N4O3/c1-31-24(35)20-7-3-2-6-19(20)22(30-31)25(36)33-13-4-5-17-15-32(14-12-21(17)33)23(34)16-8-10-18(11-9-16)26(27,28)29/h2-3,6-11,17,21H,4-5,12-15H2,1H3/t17-,21+/m1/s1. The van der Waals surface area contributed by atoms with E-state index in [-0.39, 0.29) is 40.6 Å². The maximum Gasteiger partial charge on any atom is 0.416 e. The number of piperidine rings is 2. The second kappa shape index (κ2) is 9.07. The van der Waals surface area contributed by atoms with Crippen LogP contribution in [-0.2, 0) is 13.2 Å². The Kier molecular flexibility index (Phi) is 6.05. The van der Waals surface area contributed by atoms with Crippen molar-refractivity contribution < 1.29 is 22.8 Å². The molecule has 2 atom stereocenters. The second-order valence-corrected chi connectivity index (χ2v) is 9.41. The molecule has 0 aliphatic carbocycles. The summed E-state index contributed by atoms with van der Waals surface area (Å²) in [4.78, 5) is 42.6. The number of likely N-dealkylation sites (tertiary alicyclic amines) is 2. The van der Waals surface area contributed by atoms with Gasteiger partial charge in [0.2, 0.25) is 0 Å². The van der Waals surface area contributed by atoms with Crippen LogP contribution < -0.4 is 5.56 Å². The van der Waals surface area contributed by atoms with Gasteiger partial charge in [-0.1, -0.05) is 18.2 Å². The topological polar surface area (TPSA) is 75.5 Å². The number of benzene rings is 2. The third kappa shape index (κ3) is 4.25. The van der Waals surface area contributed by atoms with Crippen molar-refractivity contribution in [1.29, 1.82) is 0 Å². The smallest absolute Gasteiger partial charge is 0.338 e. The van der Waals surface area contributed by atoms with Gasteiger partial charge in [-0.25, -0.2) is 4.68 Å². The van der Waals surface area contributed by atoms with E-state index in [9.17, 15) is 27.6 Å². The van der Waals surface area contributed by atoms with Crippen LogP contribution in [0.5, 0.6) is 0 Å². The summed E-state index contributed by atoms with van der Waals surface area (Å²) in [7, 11) is 1.52. The molecule has 2 saturated heterocycles. The Morgan fingerprint density at radius 3 is 2.33 bits per heavy atom. The van der Waals surface area contributed by atoms with Gasteiger partial charge in [0.25, 0.3) is 17.4 Å². The van der Waals surface area contributed by atoms with E-state index in [1.807, 2.05) is 4.90 Å². The minimum atomic E-state index is -4.46. The van der Waals surface area contributed by atoms with Gasteiger partial charge in [0.1, 0.15) is 0 Å². The minimum Gasteiger partial charge on any atom is -0.338 e. The molecule has 2 aromatic carbocycles. The Bertz CT molecular complexity index is 1380. The van der Waals surface area contributed by atoms with E-state index >= 15 is 0 Å². The molecule has 36 heavy (non-hydrogen) atoms. The van der Waals surface area contributed by atoms with Crippen LogP contribution in [0.2, 0.25) is 0 Å². The predicted octanol–water partition coefficient (Wildman–Crippen LogP) is 3.72. The second-order valence-electron chi connectivity index (χ2n) is 9.41. The number of rotatable bonds is 2. The van der Waals surface area contributed by atoms with Crippen molar-refractivity contribution in [1.82, 2.24) is 19.6 Å². The molecule has 0 bridgehead atoms. The number of hydrogen-bond acceptors (Lipinski definition) is 4. The number of aryl methyl sites for hydroxylation is 1. The summed E-state index contributed by atoms with van der Waals surface area (Å²) in [5, 5.41) is 5.24. The third-order valence-electron chi connectivity index (χ3n) is 7.23. The number of aromatic nitrogens is 2. The number of halogens is 3. The first-order valence-electron chi connectivity index (χ1n) is 11.9. The van der Waals surface area contributed by atoms with Crippen molar-refractivity contribution in [2.24, 2.45) is 13.0 Å². The molecule has 2 aliphatic rings. The van der Waals surface area contributed by atoms with Gasteiger partial charge in [0, 0.05) is 43.7 Å². The number of nitrogens with zero attached hydrogens (tertiary/aromatic N) is 4. The average molecular weight is 499 g/mol. The van der Waals surface area contributed by atoms with Crippen LogP contribution >= 0.6 is 0 Å². The average Bonchev–Trinajstić information content (AvgIpc) is 2.89. The fourth-order valence-electron chi connectivity index (χ4n) is 5.42. The highest BCUT2D eigenvalue weighted by Crippen LogP contribution is 2.33. The first-order chi connectivity index (χ1) is 17.1. The van der Waals surface area contributed by atoms with Gasteiger partial charge in [-0.05, 0) is 55.5 Å². The zero-order valence-electron chi connectivity index (χ0n) is 19.7. The van der Waals surface area contributed by atoms with Gasteiger partial charge in [-0.2, -0.15) is 18.3 Å². The van der Waals surface area contributed by atoms with Crippen LogP contribution in [0.25, 0.3) is 10.8 Å². The summed E-state index contributed by atoms with van der Waals surface area (Å²) in [6.45, 7) is 1.38. The van der Waals surface area contributed by atoms with Crippen molar-refractivity contribution in [2.75, 3.05) is 19.6 Å². The van der Waals surface area contributed by atoms with Crippen LogP contribution in [0, 0.1) is 5.92 Å². The van der Waals surface area contributed by atoms with Crippen LogP contribution in [-0.4, -0.2) is 57.1 Å². The maximum atomic E-state index is 13.7. The Labute approximate surface area is 205 Å². The number of carbonyl (C=O) groups excluding carboxylic acids is 2. The first kappa shape index (κ1) is 24.0. The van der Waals surface area contributed by atoms with Crippen LogP contribution in [0.1, 0.15) is 45.7 Å². The number of fused-ring (bicyclic) bond motifs is 2. The monoisotopic (exact) mass is 498 g/mol. The lowest BCUT2D eigenvalue weighted by molar-refractivity contribution is -0.137. The van der Waals surface area contributed by atoms with Gasteiger partial charge < -0.3 is 9.80 Å². The predicted molar refractivity (Wildman–Crippen MR) is 126 cm³/mol. The molecule has 0 unspecified atom stereocenters. The molecule has 1 aromatic heterocycles. The van der Waals surface area contributed by atoms with Crippen molar-refractivity contribution in [2.45, 2.75) is 31.5 Å². The minimum absolute atomic E-state index is 0.0497. The van der Waals surface area contributed by atoms with Gasteiger partial charge in [-0.15, -0.1) is 0 Å². The SMILES string of the molecule is Cn1nc(C(=O)N2CCC[C@@H]3CN(C(=O)c4ccc(C(F)(F)F)cc4)CC[C@@H]32)c2ccccc2c1=O. The molecule has 0 radical (unpaired) electrons. The lowest BCUT2D eigenvalue weighted by atomic mass is 9.83. The summed E-state index contributed by atoms with van der Waals surface area (Å²) in [6.07, 6.45) is -2.29. The zero-order chi connectivity index (χ0) is 25.6. The van der Waals surface area contributed by atoms with E-state index in [0.29, 0.717) is 36.8 Å². The summed E-state index contributed by atoms with van der Waals surface area (Å²) in [5.74, 6) is -0.496. The normalized spacial score (nSPS) is 20.3. The van der Waals surface area contributed by atoms with E-state index in [1.165, 1.54) is 23.9 Å². The molecule has 7 nitrogen and oxygen atoms in total. The molecular formula is C26H25F3N4O3.